The van der Waals surface area contributed by atoms with Gasteiger partial charge in [-0.3, -0.25) is 9.69 Å². The number of amides is 1. The van der Waals surface area contributed by atoms with Crippen molar-refractivity contribution in [2.75, 3.05) is 39.4 Å². The largest absolute Gasteiger partial charge is 0.379 e. The van der Waals surface area contributed by atoms with Gasteiger partial charge in [0.15, 0.2) is 0 Å². The van der Waals surface area contributed by atoms with Crippen molar-refractivity contribution in [1.29, 1.82) is 0 Å². The van der Waals surface area contributed by atoms with E-state index in [9.17, 15) is 4.79 Å². The second-order valence-electron chi connectivity index (χ2n) is 7.33. The number of carbonyl (C=O) groups is 1. The Balaban J connectivity index is 1.36. The van der Waals surface area contributed by atoms with Crippen LogP contribution in [0.1, 0.15) is 29.0 Å². The summed E-state index contributed by atoms with van der Waals surface area (Å²) < 4.78 is 5.46. The molecule has 2 saturated heterocycles. The van der Waals surface area contributed by atoms with Crippen LogP contribution in [0.4, 0.5) is 0 Å². The molecule has 4 nitrogen and oxygen atoms in total. The van der Waals surface area contributed by atoms with Crippen molar-refractivity contribution in [3.8, 4) is 0 Å². The Morgan fingerprint density at radius 1 is 1.26 bits per heavy atom. The maximum Gasteiger partial charge on any atom is 0.226 e. The van der Waals surface area contributed by atoms with E-state index in [0.29, 0.717) is 23.8 Å². The highest BCUT2D eigenvalue weighted by Gasteiger charge is 2.48. The molecule has 0 radical (unpaired) electrons. The highest BCUT2D eigenvalue weighted by atomic mass is 32.1. The lowest BCUT2D eigenvalue weighted by Gasteiger charge is -2.34. The van der Waals surface area contributed by atoms with Crippen molar-refractivity contribution in [2.45, 2.75) is 32.2 Å². The Morgan fingerprint density at radius 3 is 2.74 bits per heavy atom. The van der Waals surface area contributed by atoms with Crippen LogP contribution in [0, 0.1) is 18.8 Å². The minimum atomic E-state index is 0.240. The van der Waals surface area contributed by atoms with Gasteiger partial charge in [-0.25, -0.2) is 0 Å². The van der Waals surface area contributed by atoms with Crippen LogP contribution in [0.3, 0.4) is 0 Å². The number of rotatable bonds is 3. The minimum absolute atomic E-state index is 0.240. The summed E-state index contributed by atoms with van der Waals surface area (Å²) in [5, 5.41) is 0. The van der Waals surface area contributed by atoms with Gasteiger partial charge < -0.3 is 9.64 Å². The monoisotopic (exact) mass is 334 g/mol. The number of morpholine rings is 1. The fourth-order valence-electron chi connectivity index (χ4n) is 4.18. The van der Waals surface area contributed by atoms with Crippen LogP contribution < -0.4 is 0 Å². The zero-order valence-corrected chi connectivity index (χ0v) is 14.8. The lowest BCUT2D eigenvalue weighted by Crippen LogP contribution is -2.47. The molecule has 4 atom stereocenters. The standard InChI is InChI=1S/C18H26N2O2S/c1-12-10-20(11-16(12)19-5-7-22-8-6-19)18(21)15-9-14(15)17-4-3-13(2)23-17/h3-4,12,14-16H,5-11H2,1-2H3. The molecule has 0 spiro atoms. The molecule has 3 aliphatic rings. The number of likely N-dealkylation sites (tertiary alicyclic amines) is 1. The summed E-state index contributed by atoms with van der Waals surface area (Å²) in [5.41, 5.74) is 0. The molecular formula is C18H26N2O2S. The third-order valence-electron chi connectivity index (χ3n) is 5.63. The second-order valence-corrected chi connectivity index (χ2v) is 8.65. The third-order valence-corrected chi connectivity index (χ3v) is 6.77. The predicted octanol–water partition coefficient (Wildman–Crippen LogP) is 2.34. The van der Waals surface area contributed by atoms with Gasteiger partial charge in [0.2, 0.25) is 5.91 Å². The van der Waals surface area contributed by atoms with Crippen LogP contribution in [0.2, 0.25) is 0 Å². The van der Waals surface area contributed by atoms with Gasteiger partial charge in [-0.2, -0.15) is 0 Å². The lowest BCUT2D eigenvalue weighted by molar-refractivity contribution is -0.131. The molecule has 3 fully saturated rings. The molecule has 2 aliphatic heterocycles. The molecule has 1 saturated carbocycles. The number of carbonyl (C=O) groups excluding carboxylic acids is 1. The molecule has 1 amide bonds. The molecule has 5 heteroatoms. The highest BCUT2D eigenvalue weighted by molar-refractivity contribution is 7.12. The summed E-state index contributed by atoms with van der Waals surface area (Å²) >= 11 is 1.85. The number of aryl methyl sites for hydroxylation is 1. The Hall–Kier alpha value is -0.910. The van der Waals surface area contributed by atoms with E-state index in [2.05, 4.69) is 35.8 Å². The molecular weight excluding hydrogens is 308 g/mol. The average Bonchev–Trinajstić information content (AvgIpc) is 3.09. The normalized spacial score (nSPS) is 34.8. The molecule has 0 bridgehead atoms. The number of nitrogens with zero attached hydrogens (tertiary/aromatic N) is 2. The first-order valence-electron chi connectivity index (χ1n) is 8.80. The van der Waals surface area contributed by atoms with Crippen LogP contribution in [-0.2, 0) is 9.53 Å². The van der Waals surface area contributed by atoms with Gasteiger partial charge in [-0.15, -0.1) is 11.3 Å². The smallest absolute Gasteiger partial charge is 0.226 e. The number of ether oxygens (including phenoxy) is 1. The highest BCUT2D eigenvalue weighted by Crippen LogP contribution is 2.51. The summed E-state index contributed by atoms with van der Waals surface area (Å²) in [5.74, 6) is 1.68. The number of hydrogen-bond acceptors (Lipinski definition) is 4. The maximum absolute atomic E-state index is 12.9. The number of hydrogen-bond donors (Lipinski definition) is 0. The van der Waals surface area contributed by atoms with E-state index in [1.54, 1.807) is 0 Å². The SMILES string of the molecule is Cc1ccc(C2CC2C(=O)N2CC(C)C(N3CCOCC3)C2)s1. The van der Waals surface area contributed by atoms with E-state index in [0.717, 1.165) is 45.8 Å². The Morgan fingerprint density at radius 2 is 2.04 bits per heavy atom. The van der Waals surface area contributed by atoms with Crippen LogP contribution in [0.5, 0.6) is 0 Å². The molecule has 1 aromatic heterocycles. The van der Waals surface area contributed by atoms with Crippen molar-refractivity contribution >= 4 is 17.2 Å². The van der Waals surface area contributed by atoms with Gasteiger partial charge in [0, 0.05) is 53.8 Å². The molecule has 4 unspecified atom stereocenters. The molecule has 0 aromatic carbocycles. The number of thiophene rings is 1. The molecule has 3 heterocycles. The molecule has 126 valence electrons. The fraction of sp³-hybridized carbons (Fsp3) is 0.722. The lowest BCUT2D eigenvalue weighted by atomic mass is 10.0. The van der Waals surface area contributed by atoms with E-state index < -0.39 is 0 Å². The average molecular weight is 334 g/mol. The molecule has 0 N–H and O–H groups in total. The molecule has 4 rings (SSSR count). The molecule has 23 heavy (non-hydrogen) atoms. The van der Waals surface area contributed by atoms with Crippen molar-refractivity contribution in [3.05, 3.63) is 21.9 Å². The van der Waals surface area contributed by atoms with Crippen LogP contribution in [0.15, 0.2) is 12.1 Å². The first-order valence-corrected chi connectivity index (χ1v) is 9.62. The van der Waals surface area contributed by atoms with Gasteiger partial charge in [0.1, 0.15) is 0 Å². The minimum Gasteiger partial charge on any atom is -0.379 e. The van der Waals surface area contributed by atoms with Gasteiger partial charge in [-0.1, -0.05) is 6.92 Å². The Kier molecular flexibility index (Phi) is 4.20. The first-order chi connectivity index (χ1) is 11.1. The maximum atomic E-state index is 12.9. The van der Waals surface area contributed by atoms with Crippen LogP contribution >= 0.6 is 11.3 Å². The Bertz CT molecular complexity index is 581. The summed E-state index contributed by atoms with van der Waals surface area (Å²) in [7, 11) is 0. The van der Waals surface area contributed by atoms with Crippen molar-refractivity contribution in [2.24, 2.45) is 11.8 Å². The van der Waals surface area contributed by atoms with Crippen molar-refractivity contribution in [3.63, 3.8) is 0 Å². The van der Waals surface area contributed by atoms with Crippen molar-refractivity contribution < 1.29 is 9.53 Å². The molecule has 1 aliphatic carbocycles. The summed E-state index contributed by atoms with van der Waals surface area (Å²) in [6, 6.07) is 4.90. The summed E-state index contributed by atoms with van der Waals surface area (Å²) in [4.78, 5) is 20.3. The van der Waals surface area contributed by atoms with Gasteiger partial charge in [-0.05, 0) is 31.4 Å². The zero-order valence-electron chi connectivity index (χ0n) is 14.0. The zero-order chi connectivity index (χ0) is 16.0. The quantitative estimate of drug-likeness (QED) is 0.851. The molecule has 1 aromatic rings. The Labute approximate surface area is 142 Å². The predicted molar refractivity (Wildman–Crippen MR) is 91.8 cm³/mol. The van der Waals surface area contributed by atoms with Crippen molar-refractivity contribution in [1.82, 2.24) is 9.80 Å². The summed E-state index contributed by atoms with van der Waals surface area (Å²) in [6.07, 6.45) is 1.05. The first kappa shape index (κ1) is 15.6. The van der Waals surface area contributed by atoms with Crippen LogP contribution in [-0.4, -0.2) is 61.1 Å². The topological polar surface area (TPSA) is 32.8 Å². The van der Waals surface area contributed by atoms with Crippen LogP contribution in [0.25, 0.3) is 0 Å². The van der Waals surface area contributed by atoms with E-state index in [4.69, 9.17) is 4.74 Å². The fourth-order valence-corrected chi connectivity index (χ4v) is 5.24. The third kappa shape index (κ3) is 3.06. The van der Waals surface area contributed by atoms with E-state index in [-0.39, 0.29) is 5.92 Å². The van der Waals surface area contributed by atoms with E-state index in [1.165, 1.54) is 9.75 Å². The van der Waals surface area contributed by atoms with Gasteiger partial charge in [0.25, 0.3) is 0 Å². The van der Waals surface area contributed by atoms with E-state index >= 15 is 0 Å². The second kappa shape index (κ2) is 6.19. The summed E-state index contributed by atoms with van der Waals surface area (Å²) in [6.45, 7) is 9.96. The van der Waals surface area contributed by atoms with E-state index in [1.807, 2.05) is 11.3 Å². The van der Waals surface area contributed by atoms with Gasteiger partial charge in [0.05, 0.1) is 13.2 Å². The van der Waals surface area contributed by atoms with Gasteiger partial charge >= 0.3 is 0 Å².